The number of amides is 1. The average Bonchev–Trinajstić information content (AvgIpc) is 3.28. The van der Waals surface area contributed by atoms with E-state index in [0.717, 1.165) is 14.7 Å². The van der Waals surface area contributed by atoms with Crippen LogP contribution in [-0.2, 0) is 6.61 Å². The summed E-state index contributed by atoms with van der Waals surface area (Å²) >= 11 is 8.20. The highest BCUT2D eigenvalue weighted by molar-refractivity contribution is 9.10. The van der Waals surface area contributed by atoms with Crippen molar-refractivity contribution in [3.63, 3.8) is 0 Å². The van der Waals surface area contributed by atoms with Crippen LogP contribution in [0.1, 0.15) is 27.7 Å². The van der Waals surface area contributed by atoms with E-state index in [1.807, 2.05) is 37.3 Å². The quantitative estimate of drug-likeness (QED) is 0.121. The number of halogens is 2. The van der Waals surface area contributed by atoms with Crippen molar-refractivity contribution in [1.82, 2.24) is 5.43 Å². The maximum Gasteiger partial charge on any atom is 0.281 e. The first-order valence-electron chi connectivity index (χ1n) is 10.7. The third kappa shape index (κ3) is 6.28. The lowest BCUT2D eigenvalue weighted by Crippen LogP contribution is -2.16. The molecule has 3 aromatic carbocycles. The number of ether oxygens (including phenoxy) is 2. The number of hydrogen-bond acceptors (Lipinski definition) is 7. The highest BCUT2D eigenvalue weighted by atomic mass is 79.9. The molecule has 36 heavy (non-hydrogen) atoms. The molecule has 0 bridgehead atoms. The Hall–Kier alpha value is -3.28. The number of nitrogens with one attached hydrogen (secondary N) is 1. The molecule has 0 saturated heterocycles. The third-order valence-electron chi connectivity index (χ3n) is 4.94. The van der Waals surface area contributed by atoms with Crippen LogP contribution in [0, 0.1) is 10.1 Å². The number of hydrazone groups is 1. The van der Waals surface area contributed by atoms with E-state index in [4.69, 9.17) is 9.47 Å². The standard InChI is InChI=1S/C25H19Br2N3O5S/c1-2-34-21-10-16(9-20(27)24(21)35-14-15-3-5-18(26)6-4-15)13-28-29-25(31)23-12-17-11-19(30(32)33)7-8-22(17)36-23/h3-13H,2,14H2,1H3,(H,29,31)/b28-13-. The molecule has 0 spiro atoms. The number of carbonyl (C=O) groups excluding carboxylic acids is 1. The second-order valence-electron chi connectivity index (χ2n) is 7.47. The molecule has 0 radical (unpaired) electrons. The van der Waals surface area contributed by atoms with E-state index in [-0.39, 0.29) is 5.69 Å². The molecular formula is C25H19Br2N3O5S. The third-order valence-corrected chi connectivity index (χ3v) is 7.17. The van der Waals surface area contributed by atoms with Crippen molar-refractivity contribution < 1.29 is 19.2 Å². The molecular weight excluding hydrogens is 614 g/mol. The van der Waals surface area contributed by atoms with Crippen LogP contribution in [0.4, 0.5) is 5.69 Å². The van der Waals surface area contributed by atoms with Gasteiger partial charge in [-0.25, -0.2) is 5.43 Å². The van der Waals surface area contributed by atoms with Crippen LogP contribution in [0.15, 0.2) is 74.7 Å². The Morgan fingerprint density at radius 1 is 1.11 bits per heavy atom. The second-order valence-corrected chi connectivity index (χ2v) is 10.3. The number of rotatable bonds is 9. The Bertz CT molecular complexity index is 1450. The number of thiophene rings is 1. The van der Waals surface area contributed by atoms with Gasteiger partial charge in [0.2, 0.25) is 0 Å². The predicted molar refractivity (Wildman–Crippen MR) is 147 cm³/mol. The van der Waals surface area contributed by atoms with Crippen LogP contribution < -0.4 is 14.9 Å². The van der Waals surface area contributed by atoms with Crippen LogP contribution in [0.5, 0.6) is 11.5 Å². The zero-order valence-electron chi connectivity index (χ0n) is 18.9. The van der Waals surface area contributed by atoms with E-state index < -0.39 is 10.8 Å². The van der Waals surface area contributed by atoms with Gasteiger partial charge in [-0.1, -0.05) is 28.1 Å². The lowest BCUT2D eigenvalue weighted by Gasteiger charge is -2.14. The fraction of sp³-hybridized carbons (Fsp3) is 0.120. The van der Waals surface area contributed by atoms with Crippen molar-refractivity contribution in [2.24, 2.45) is 5.10 Å². The highest BCUT2D eigenvalue weighted by Crippen LogP contribution is 2.37. The fourth-order valence-corrected chi connectivity index (χ4v) is 5.05. The van der Waals surface area contributed by atoms with Gasteiger partial charge in [0.25, 0.3) is 11.6 Å². The van der Waals surface area contributed by atoms with Crippen molar-refractivity contribution in [3.8, 4) is 11.5 Å². The number of benzene rings is 3. The van der Waals surface area contributed by atoms with Crippen LogP contribution in [0.25, 0.3) is 10.1 Å². The maximum atomic E-state index is 12.5. The number of carbonyl (C=O) groups is 1. The van der Waals surface area contributed by atoms with Crippen LogP contribution in [0.3, 0.4) is 0 Å². The Kier molecular flexibility index (Phi) is 8.34. The van der Waals surface area contributed by atoms with E-state index in [0.29, 0.717) is 45.0 Å². The topological polar surface area (TPSA) is 103 Å². The molecule has 11 heteroatoms. The summed E-state index contributed by atoms with van der Waals surface area (Å²) < 4.78 is 14.2. The summed E-state index contributed by atoms with van der Waals surface area (Å²) in [7, 11) is 0. The number of non-ortho nitro benzene ring substituents is 1. The van der Waals surface area contributed by atoms with Crippen molar-refractivity contribution in [2.45, 2.75) is 13.5 Å². The molecule has 0 aliphatic carbocycles. The number of hydrogen-bond donors (Lipinski definition) is 1. The first-order valence-corrected chi connectivity index (χ1v) is 13.1. The van der Waals surface area contributed by atoms with E-state index in [1.54, 1.807) is 18.2 Å². The van der Waals surface area contributed by atoms with Crippen LogP contribution in [0.2, 0.25) is 0 Å². The highest BCUT2D eigenvalue weighted by Gasteiger charge is 2.14. The Labute approximate surface area is 227 Å². The molecule has 184 valence electrons. The number of nitrogens with zero attached hydrogens (tertiary/aromatic N) is 2. The molecule has 1 N–H and O–H groups in total. The molecule has 0 saturated carbocycles. The van der Waals surface area contributed by atoms with Gasteiger partial charge >= 0.3 is 0 Å². The van der Waals surface area contributed by atoms with Gasteiger partial charge < -0.3 is 9.47 Å². The summed E-state index contributed by atoms with van der Waals surface area (Å²) in [5.41, 5.74) is 4.17. The number of nitro benzene ring substituents is 1. The summed E-state index contributed by atoms with van der Waals surface area (Å²) in [5.74, 6) is 0.705. The van der Waals surface area contributed by atoms with E-state index in [1.165, 1.54) is 29.7 Å². The first-order chi connectivity index (χ1) is 17.3. The maximum absolute atomic E-state index is 12.5. The molecule has 1 amide bonds. The largest absolute Gasteiger partial charge is 0.490 e. The average molecular weight is 633 g/mol. The Balaban J connectivity index is 1.46. The zero-order chi connectivity index (χ0) is 25.7. The molecule has 0 aliphatic rings. The molecule has 1 aromatic heterocycles. The van der Waals surface area contributed by atoms with E-state index in [9.17, 15) is 14.9 Å². The van der Waals surface area contributed by atoms with Gasteiger partial charge in [0.1, 0.15) is 6.61 Å². The SMILES string of the molecule is CCOc1cc(/C=N\NC(=O)c2cc3cc([N+](=O)[O-])ccc3s2)cc(Br)c1OCc1ccc(Br)cc1. The normalized spacial score (nSPS) is 11.1. The molecule has 4 aromatic rings. The summed E-state index contributed by atoms with van der Waals surface area (Å²) in [5, 5.41) is 15.7. The van der Waals surface area contributed by atoms with Gasteiger partial charge in [-0.15, -0.1) is 11.3 Å². The smallest absolute Gasteiger partial charge is 0.281 e. The second kappa shape index (κ2) is 11.6. The lowest BCUT2D eigenvalue weighted by molar-refractivity contribution is -0.384. The van der Waals surface area contributed by atoms with Gasteiger partial charge in [-0.05, 0) is 70.4 Å². The first kappa shape index (κ1) is 25.8. The van der Waals surface area contributed by atoms with Crippen molar-refractivity contribution in [3.05, 3.63) is 95.7 Å². The summed E-state index contributed by atoms with van der Waals surface area (Å²) in [6.07, 6.45) is 1.50. The van der Waals surface area contributed by atoms with Crippen molar-refractivity contribution in [1.29, 1.82) is 0 Å². The monoisotopic (exact) mass is 631 g/mol. The molecule has 4 rings (SSSR count). The summed E-state index contributed by atoms with van der Waals surface area (Å²) in [4.78, 5) is 23.5. The molecule has 0 unspecified atom stereocenters. The van der Waals surface area contributed by atoms with Gasteiger partial charge in [0.05, 0.1) is 27.1 Å². The Morgan fingerprint density at radius 2 is 1.89 bits per heavy atom. The van der Waals surface area contributed by atoms with E-state index in [2.05, 4.69) is 42.4 Å². The Morgan fingerprint density at radius 3 is 2.61 bits per heavy atom. The number of nitro groups is 1. The predicted octanol–water partition coefficient (Wildman–Crippen LogP) is 7.08. The van der Waals surface area contributed by atoms with E-state index >= 15 is 0 Å². The minimum Gasteiger partial charge on any atom is -0.490 e. The summed E-state index contributed by atoms with van der Waals surface area (Å²) in [6.45, 7) is 2.70. The zero-order valence-corrected chi connectivity index (χ0v) is 22.9. The van der Waals surface area contributed by atoms with Crippen molar-refractivity contribution >= 4 is 71.1 Å². The van der Waals surface area contributed by atoms with Gasteiger partial charge in [0, 0.05) is 26.7 Å². The number of fused-ring (bicyclic) bond motifs is 1. The van der Waals surface area contributed by atoms with Gasteiger partial charge in [-0.2, -0.15) is 5.10 Å². The minimum atomic E-state index is -0.465. The van der Waals surface area contributed by atoms with Crippen molar-refractivity contribution in [2.75, 3.05) is 6.61 Å². The molecule has 0 aliphatic heterocycles. The molecule has 8 nitrogen and oxygen atoms in total. The minimum absolute atomic E-state index is 0.0229. The van der Waals surface area contributed by atoms with Crippen LogP contribution in [-0.4, -0.2) is 23.7 Å². The molecule has 0 atom stereocenters. The fourth-order valence-electron chi connectivity index (χ4n) is 3.28. The molecule has 1 heterocycles. The van der Waals surface area contributed by atoms with Crippen LogP contribution >= 0.6 is 43.2 Å². The molecule has 0 fully saturated rings. The van der Waals surface area contributed by atoms with Gasteiger partial charge in [-0.3, -0.25) is 14.9 Å². The lowest BCUT2D eigenvalue weighted by atomic mass is 10.2. The summed E-state index contributed by atoms with van der Waals surface area (Å²) in [6, 6.07) is 17.5. The van der Waals surface area contributed by atoms with Gasteiger partial charge in [0.15, 0.2) is 11.5 Å².